The molecular formula is C12H19NOS. The second kappa shape index (κ2) is 6.62. The average molecular weight is 225 g/mol. The zero-order valence-electron chi connectivity index (χ0n) is 9.44. The molecule has 1 aromatic carbocycles. The van der Waals surface area contributed by atoms with Gasteiger partial charge in [-0.15, -0.1) is 0 Å². The first-order chi connectivity index (χ1) is 7.27. The monoisotopic (exact) mass is 225 g/mol. The van der Waals surface area contributed by atoms with E-state index in [1.54, 1.807) is 7.11 Å². The summed E-state index contributed by atoms with van der Waals surface area (Å²) in [5.41, 5.74) is 1.23. The Morgan fingerprint density at radius 2 is 1.87 bits per heavy atom. The van der Waals surface area contributed by atoms with Crippen molar-refractivity contribution in [1.29, 1.82) is 0 Å². The van der Waals surface area contributed by atoms with Crippen molar-refractivity contribution in [2.75, 3.05) is 31.4 Å². The minimum absolute atomic E-state index is 0.905. The van der Waals surface area contributed by atoms with E-state index in [4.69, 9.17) is 4.74 Å². The summed E-state index contributed by atoms with van der Waals surface area (Å²) in [5.74, 6) is 1.87. The maximum Gasteiger partial charge on any atom is 0.119 e. The van der Waals surface area contributed by atoms with Gasteiger partial charge in [-0.3, -0.25) is 0 Å². The third-order valence-corrected chi connectivity index (χ3v) is 2.73. The van der Waals surface area contributed by atoms with Gasteiger partial charge in [-0.25, -0.2) is 0 Å². The molecule has 1 aromatic rings. The Morgan fingerprint density at radius 3 is 2.40 bits per heavy atom. The molecule has 0 bridgehead atoms. The van der Waals surface area contributed by atoms with Gasteiger partial charge in [0, 0.05) is 19.3 Å². The maximum atomic E-state index is 5.12. The van der Waals surface area contributed by atoms with Gasteiger partial charge in [0.2, 0.25) is 0 Å². The van der Waals surface area contributed by atoms with Crippen molar-refractivity contribution < 1.29 is 4.74 Å². The minimum atomic E-state index is 0.905. The number of rotatable bonds is 6. The first kappa shape index (κ1) is 12.2. The van der Waals surface area contributed by atoms with Crippen molar-refractivity contribution in [2.24, 2.45) is 0 Å². The lowest BCUT2D eigenvalue weighted by Crippen LogP contribution is -2.18. The number of benzene rings is 1. The predicted octanol–water partition coefficient (Wildman–Crippen LogP) is 2.84. The van der Waals surface area contributed by atoms with E-state index in [9.17, 15) is 0 Å². The molecule has 0 aliphatic carbocycles. The highest BCUT2D eigenvalue weighted by atomic mass is 32.1. The third kappa shape index (κ3) is 4.04. The Kier molecular flexibility index (Phi) is 5.40. The fourth-order valence-electron chi connectivity index (χ4n) is 1.43. The Labute approximate surface area is 97.6 Å². The molecule has 0 spiro atoms. The number of methoxy groups -OCH3 is 1. The van der Waals surface area contributed by atoms with E-state index in [1.807, 2.05) is 12.1 Å². The summed E-state index contributed by atoms with van der Waals surface area (Å²) in [6.07, 6.45) is 2.36. The van der Waals surface area contributed by atoms with Gasteiger partial charge in [0.05, 0.1) is 7.11 Å². The van der Waals surface area contributed by atoms with Crippen LogP contribution in [0.3, 0.4) is 0 Å². The molecule has 0 radical (unpaired) electrons. The van der Waals surface area contributed by atoms with Gasteiger partial charge in [-0.1, -0.05) is 0 Å². The zero-order valence-corrected chi connectivity index (χ0v) is 10.3. The molecule has 0 aliphatic rings. The number of hydrogen-bond donors (Lipinski definition) is 1. The van der Waals surface area contributed by atoms with E-state index in [1.165, 1.54) is 18.5 Å². The highest BCUT2D eigenvalue weighted by Gasteiger charge is 2.00. The lowest BCUT2D eigenvalue weighted by Gasteiger charge is -2.19. The van der Waals surface area contributed by atoms with Crippen molar-refractivity contribution >= 4 is 18.3 Å². The quantitative estimate of drug-likeness (QED) is 0.590. The van der Waals surface area contributed by atoms with Crippen molar-refractivity contribution in [1.82, 2.24) is 0 Å². The Bertz CT molecular complexity index is 273. The second-order valence-electron chi connectivity index (χ2n) is 3.55. The van der Waals surface area contributed by atoms with Gasteiger partial charge in [-0.2, -0.15) is 12.6 Å². The van der Waals surface area contributed by atoms with Gasteiger partial charge in [0.1, 0.15) is 5.75 Å². The van der Waals surface area contributed by atoms with E-state index in [0.717, 1.165) is 18.0 Å². The molecule has 0 aromatic heterocycles. The molecule has 0 heterocycles. The number of hydrogen-bond acceptors (Lipinski definition) is 3. The summed E-state index contributed by atoms with van der Waals surface area (Å²) >= 11 is 4.20. The first-order valence-corrected chi connectivity index (χ1v) is 5.87. The number of nitrogens with zero attached hydrogens (tertiary/aromatic N) is 1. The minimum Gasteiger partial charge on any atom is -0.497 e. The smallest absolute Gasteiger partial charge is 0.119 e. The molecule has 3 heteroatoms. The third-order valence-electron chi connectivity index (χ3n) is 2.41. The molecule has 0 atom stereocenters. The molecule has 15 heavy (non-hydrogen) atoms. The molecule has 0 saturated carbocycles. The van der Waals surface area contributed by atoms with Crippen LogP contribution in [0.2, 0.25) is 0 Å². The number of thiol groups is 1. The fraction of sp³-hybridized carbons (Fsp3) is 0.500. The highest BCUT2D eigenvalue weighted by Crippen LogP contribution is 2.18. The first-order valence-electron chi connectivity index (χ1n) is 5.24. The van der Waals surface area contributed by atoms with Crippen LogP contribution in [-0.4, -0.2) is 26.5 Å². The van der Waals surface area contributed by atoms with Gasteiger partial charge in [0.25, 0.3) is 0 Å². The molecule has 0 amide bonds. The van der Waals surface area contributed by atoms with E-state index >= 15 is 0 Å². The van der Waals surface area contributed by atoms with Crippen LogP contribution < -0.4 is 9.64 Å². The lowest BCUT2D eigenvalue weighted by atomic mass is 10.2. The summed E-state index contributed by atoms with van der Waals surface area (Å²) in [7, 11) is 3.80. The summed E-state index contributed by atoms with van der Waals surface area (Å²) in [6.45, 7) is 1.08. The standard InChI is InChI=1S/C12H19NOS/c1-13(9-3-4-10-15)11-5-7-12(14-2)8-6-11/h5-8,15H,3-4,9-10H2,1-2H3. The normalized spacial score (nSPS) is 10.1. The van der Waals surface area contributed by atoms with Crippen LogP contribution in [0.15, 0.2) is 24.3 Å². The largest absolute Gasteiger partial charge is 0.497 e. The molecule has 0 fully saturated rings. The predicted molar refractivity (Wildman–Crippen MR) is 69.4 cm³/mol. The van der Waals surface area contributed by atoms with Gasteiger partial charge < -0.3 is 9.64 Å². The Hall–Kier alpha value is -0.830. The topological polar surface area (TPSA) is 12.5 Å². The fourth-order valence-corrected chi connectivity index (χ4v) is 1.65. The van der Waals surface area contributed by atoms with Crippen molar-refractivity contribution in [3.8, 4) is 5.75 Å². The molecular weight excluding hydrogens is 206 g/mol. The van der Waals surface area contributed by atoms with E-state index in [0.29, 0.717) is 0 Å². The molecule has 0 aliphatic heterocycles. The molecule has 0 saturated heterocycles. The average Bonchev–Trinajstić information content (AvgIpc) is 2.29. The van der Waals surface area contributed by atoms with E-state index in [2.05, 4.69) is 36.7 Å². The van der Waals surface area contributed by atoms with Gasteiger partial charge in [0.15, 0.2) is 0 Å². The maximum absolute atomic E-state index is 5.12. The van der Waals surface area contributed by atoms with Gasteiger partial charge >= 0.3 is 0 Å². The highest BCUT2D eigenvalue weighted by molar-refractivity contribution is 7.80. The second-order valence-corrected chi connectivity index (χ2v) is 4.00. The van der Waals surface area contributed by atoms with Crippen molar-refractivity contribution in [2.45, 2.75) is 12.8 Å². The molecule has 0 N–H and O–H groups in total. The number of ether oxygens (including phenoxy) is 1. The Morgan fingerprint density at radius 1 is 1.20 bits per heavy atom. The Balaban J connectivity index is 2.46. The van der Waals surface area contributed by atoms with E-state index < -0.39 is 0 Å². The van der Waals surface area contributed by atoms with Crippen LogP contribution in [0.4, 0.5) is 5.69 Å². The van der Waals surface area contributed by atoms with Crippen molar-refractivity contribution in [3.63, 3.8) is 0 Å². The van der Waals surface area contributed by atoms with Crippen LogP contribution in [0.5, 0.6) is 5.75 Å². The zero-order chi connectivity index (χ0) is 11.1. The number of unbranched alkanes of at least 4 members (excludes halogenated alkanes) is 1. The molecule has 1 rings (SSSR count). The molecule has 0 unspecified atom stereocenters. The van der Waals surface area contributed by atoms with Crippen LogP contribution in [0, 0.1) is 0 Å². The summed E-state index contributed by atoms with van der Waals surface area (Å²) in [6, 6.07) is 8.15. The SMILES string of the molecule is COc1ccc(N(C)CCCCS)cc1. The molecule has 2 nitrogen and oxygen atoms in total. The lowest BCUT2D eigenvalue weighted by molar-refractivity contribution is 0.415. The summed E-state index contributed by atoms with van der Waals surface area (Å²) in [4.78, 5) is 2.25. The summed E-state index contributed by atoms with van der Waals surface area (Å²) < 4.78 is 5.12. The van der Waals surface area contributed by atoms with Crippen LogP contribution >= 0.6 is 12.6 Å². The number of anilines is 1. The van der Waals surface area contributed by atoms with Crippen LogP contribution in [-0.2, 0) is 0 Å². The van der Waals surface area contributed by atoms with Crippen LogP contribution in [0.1, 0.15) is 12.8 Å². The van der Waals surface area contributed by atoms with E-state index in [-0.39, 0.29) is 0 Å². The summed E-state index contributed by atoms with van der Waals surface area (Å²) in [5, 5.41) is 0. The molecule has 84 valence electrons. The van der Waals surface area contributed by atoms with Gasteiger partial charge in [-0.05, 0) is 42.9 Å². The van der Waals surface area contributed by atoms with Crippen molar-refractivity contribution in [3.05, 3.63) is 24.3 Å². The van der Waals surface area contributed by atoms with Crippen LogP contribution in [0.25, 0.3) is 0 Å².